The average Bonchev–Trinajstić information content (AvgIpc) is 2.75. The standard InChI is InChI=1S/C26H36O4/c1-5-7-9-11-17-23(27)29-25-19(3)20(4)26(22-16-14-13-15-21(22)25)30-24(28)18-12-10-8-6-2/h13-16H,5-12,17-18H2,1-4H3. The summed E-state index contributed by atoms with van der Waals surface area (Å²) in [5.74, 6) is 0.733. The van der Waals surface area contributed by atoms with Crippen LogP contribution in [0.25, 0.3) is 10.8 Å². The van der Waals surface area contributed by atoms with Gasteiger partial charge in [-0.05, 0) is 37.8 Å². The van der Waals surface area contributed by atoms with E-state index >= 15 is 0 Å². The van der Waals surface area contributed by atoms with E-state index in [1.54, 1.807) is 0 Å². The van der Waals surface area contributed by atoms with Crippen molar-refractivity contribution in [1.82, 2.24) is 0 Å². The number of fused-ring (bicyclic) bond motifs is 1. The molecule has 0 spiro atoms. The van der Waals surface area contributed by atoms with Crippen molar-refractivity contribution in [2.24, 2.45) is 0 Å². The fourth-order valence-corrected chi connectivity index (χ4v) is 3.61. The minimum absolute atomic E-state index is 0.209. The molecule has 0 heterocycles. The van der Waals surface area contributed by atoms with Gasteiger partial charge in [0.15, 0.2) is 0 Å². The first-order valence-electron chi connectivity index (χ1n) is 11.4. The lowest BCUT2D eigenvalue weighted by atomic mass is 9.99. The topological polar surface area (TPSA) is 52.6 Å². The third-order valence-corrected chi connectivity index (χ3v) is 5.56. The van der Waals surface area contributed by atoms with Gasteiger partial charge in [-0.15, -0.1) is 0 Å². The Hall–Kier alpha value is -2.36. The molecule has 30 heavy (non-hydrogen) atoms. The second kappa shape index (κ2) is 12.4. The summed E-state index contributed by atoms with van der Waals surface area (Å²) in [6.07, 6.45) is 9.14. The third-order valence-electron chi connectivity index (χ3n) is 5.56. The summed E-state index contributed by atoms with van der Waals surface area (Å²) in [6, 6.07) is 7.65. The molecule has 0 atom stereocenters. The summed E-state index contributed by atoms with van der Waals surface area (Å²) >= 11 is 0. The normalized spacial score (nSPS) is 10.9. The van der Waals surface area contributed by atoms with Gasteiger partial charge in [0.25, 0.3) is 0 Å². The van der Waals surface area contributed by atoms with Crippen LogP contribution in [-0.2, 0) is 9.59 Å². The van der Waals surface area contributed by atoms with Crippen molar-refractivity contribution in [3.05, 3.63) is 35.4 Å². The van der Waals surface area contributed by atoms with Crippen LogP contribution in [0.5, 0.6) is 11.5 Å². The van der Waals surface area contributed by atoms with E-state index in [9.17, 15) is 9.59 Å². The molecule has 0 fully saturated rings. The van der Waals surface area contributed by atoms with Crippen molar-refractivity contribution in [1.29, 1.82) is 0 Å². The highest BCUT2D eigenvalue weighted by atomic mass is 16.5. The van der Waals surface area contributed by atoms with Gasteiger partial charge in [0.2, 0.25) is 0 Å². The van der Waals surface area contributed by atoms with Crippen LogP contribution >= 0.6 is 0 Å². The number of carbonyl (C=O) groups is 2. The molecule has 0 bridgehead atoms. The van der Waals surface area contributed by atoms with Gasteiger partial charge >= 0.3 is 11.9 Å². The van der Waals surface area contributed by atoms with Crippen molar-refractivity contribution >= 4 is 22.7 Å². The Morgan fingerprint density at radius 1 is 0.667 bits per heavy atom. The SMILES string of the molecule is CCCCCCC(=O)Oc1c(C)c(C)c(OC(=O)CCCCCC)c2ccccc12. The number of hydrogen-bond acceptors (Lipinski definition) is 4. The zero-order valence-electron chi connectivity index (χ0n) is 19.0. The number of ether oxygens (including phenoxy) is 2. The molecule has 0 unspecified atom stereocenters. The van der Waals surface area contributed by atoms with Gasteiger partial charge in [-0.3, -0.25) is 9.59 Å². The Morgan fingerprint density at radius 3 is 1.43 bits per heavy atom. The first-order valence-corrected chi connectivity index (χ1v) is 11.4. The highest BCUT2D eigenvalue weighted by Gasteiger charge is 2.20. The predicted molar refractivity (Wildman–Crippen MR) is 122 cm³/mol. The van der Waals surface area contributed by atoms with Crippen LogP contribution in [0.3, 0.4) is 0 Å². The smallest absolute Gasteiger partial charge is 0.311 e. The van der Waals surface area contributed by atoms with E-state index in [0.717, 1.165) is 73.3 Å². The zero-order chi connectivity index (χ0) is 21.9. The van der Waals surface area contributed by atoms with Crippen LogP contribution in [0.4, 0.5) is 0 Å². The van der Waals surface area contributed by atoms with E-state index in [1.807, 2.05) is 38.1 Å². The monoisotopic (exact) mass is 412 g/mol. The minimum atomic E-state index is -0.209. The molecule has 2 aromatic carbocycles. The van der Waals surface area contributed by atoms with Crippen LogP contribution in [0.1, 0.15) is 89.2 Å². The van der Waals surface area contributed by atoms with Crippen molar-refractivity contribution in [3.63, 3.8) is 0 Å². The van der Waals surface area contributed by atoms with Crippen molar-refractivity contribution in [3.8, 4) is 11.5 Å². The minimum Gasteiger partial charge on any atom is -0.426 e. The fourth-order valence-electron chi connectivity index (χ4n) is 3.61. The van der Waals surface area contributed by atoms with Crippen LogP contribution in [0.15, 0.2) is 24.3 Å². The van der Waals surface area contributed by atoms with E-state index in [4.69, 9.17) is 9.47 Å². The summed E-state index contributed by atoms with van der Waals surface area (Å²) < 4.78 is 11.6. The summed E-state index contributed by atoms with van der Waals surface area (Å²) in [5, 5.41) is 1.60. The van der Waals surface area contributed by atoms with Gasteiger partial charge in [-0.25, -0.2) is 0 Å². The highest BCUT2D eigenvalue weighted by Crippen LogP contribution is 2.40. The number of unbranched alkanes of at least 4 members (excludes halogenated alkanes) is 6. The summed E-state index contributed by atoms with van der Waals surface area (Å²) in [5.41, 5.74) is 1.67. The van der Waals surface area contributed by atoms with Gasteiger partial charge in [0, 0.05) is 23.6 Å². The number of carbonyl (C=O) groups excluding carboxylic acids is 2. The molecule has 2 aromatic rings. The van der Waals surface area contributed by atoms with Crippen LogP contribution in [0, 0.1) is 13.8 Å². The highest BCUT2D eigenvalue weighted by molar-refractivity contribution is 5.98. The second-order valence-electron chi connectivity index (χ2n) is 8.02. The molecule has 4 heteroatoms. The van der Waals surface area contributed by atoms with E-state index in [0.29, 0.717) is 24.3 Å². The molecule has 0 saturated heterocycles. The molecule has 2 rings (SSSR count). The predicted octanol–water partition coefficient (Wildman–Crippen LogP) is 7.21. The maximum absolute atomic E-state index is 12.4. The van der Waals surface area contributed by atoms with Crippen molar-refractivity contribution in [2.75, 3.05) is 0 Å². The van der Waals surface area contributed by atoms with Crippen LogP contribution in [-0.4, -0.2) is 11.9 Å². The van der Waals surface area contributed by atoms with Gasteiger partial charge in [0.05, 0.1) is 0 Å². The molecule has 0 aliphatic carbocycles. The summed E-state index contributed by atoms with van der Waals surface area (Å²) in [6.45, 7) is 8.13. The zero-order valence-corrected chi connectivity index (χ0v) is 19.0. The Bertz CT molecular complexity index is 783. The molecule has 0 aliphatic rings. The summed E-state index contributed by atoms with van der Waals surface area (Å²) in [4.78, 5) is 24.8. The lowest BCUT2D eigenvalue weighted by Crippen LogP contribution is -2.12. The maximum atomic E-state index is 12.4. The molecular weight excluding hydrogens is 376 g/mol. The van der Waals surface area contributed by atoms with E-state index < -0.39 is 0 Å². The Morgan fingerprint density at radius 2 is 1.07 bits per heavy atom. The number of esters is 2. The van der Waals surface area contributed by atoms with Crippen molar-refractivity contribution < 1.29 is 19.1 Å². The van der Waals surface area contributed by atoms with E-state index in [1.165, 1.54) is 0 Å². The molecule has 0 aromatic heterocycles. The largest absolute Gasteiger partial charge is 0.426 e. The first-order chi connectivity index (χ1) is 14.5. The van der Waals surface area contributed by atoms with Crippen LogP contribution in [0.2, 0.25) is 0 Å². The quantitative estimate of drug-likeness (QED) is 0.210. The van der Waals surface area contributed by atoms with Gasteiger partial charge in [0.1, 0.15) is 11.5 Å². The molecule has 0 saturated carbocycles. The van der Waals surface area contributed by atoms with E-state index in [2.05, 4.69) is 13.8 Å². The molecular formula is C26H36O4. The Balaban J connectivity index is 2.22. The Labute approximate surface area is 181 Å². The van der Waals surface area contributed by atoms with Gasteiger partial charge < -0.3 is 9.47 Å². The van der Waals surface area contributed by atoms with Gasteiger partial charge in [-0.2, -0.15) is 0 Å². The molecule has 0 aliphatic heterocycles. The third kappa shape index (κ3) is 6.58. The second-order valence-corrected chi connectivity index (χ2v) is 8.02. The lowest BCUT2D eigenvalue weighted by Gasteiger charge is -2.18. The van der Waals surface area contributed by atoms with Gasteiger partial charge in [-0.1, -0.05) is 76.6 Å². The molecule has 0 N–H and O–H groups in total. The molecule has 164 valence electrons. The maximum Gasteiger partial charge on any atom is 0.311 e. The van der Waals surface area contributed by atoms with Crippen molar-refractivity contribution in [2.45, 2.75) is 91.9 Å². The van der Waals surface area contributed by atoms with E-state index in [-0.39, 0.29) is 11.9 Å². The molecule has 0 radical (unpaired) electrons. The fraction of sp³-hybridized carbons (Fsp3) is 0.538. The Kier molecular flexibility index (Phi) is 9.85. The number of rotatable bonds is 12. The summed E-state index contributed by atoms with van der Waals surface area (Å²) in [7, 11) is 0. The molecule has 4 nitrogen and oxygen atoms in total. The molecule has 0 amide bonds. The first kappa shape index (κ1) is 23.9. The number of benzene rings is 2. The number of hydrogen-bond donors (Lipinski definition) is 0. The lowest BCUT2D eigenvalue weighted by molar-refractivity contribution is -0.135. The average molecular weight is 413 g/mol. The van der Waals surface area contributed by atoms with Crippen LogP contribution < -0.4 is 9.47 Å².